The van der Waals surface area contributed by atoms with Crippen molar-refractivity contribution in [3.63, 3.8) is 0 Å². The van der Waals surface area contributed by atoms with Crippen molar-refractivity contribution in [3.05, 3.63) is 93.6 Å². The molecule has 0 unspecified atom stereocenters. The van der Waals surface area contributed by atoms with Crippen LogP contribution in [-0.4, -0.2) is 35.3 Å². The van der Waals surface area contributed by atoms with E-state index in [-0.39, 0.29) is 18.5 Å². The van der Waals surface area contributed by atoms with Gasteiger partial charge in [-0.15, -0.1) is 0 Å². The van der Waals surface area contributed by atoms with Gasteiger partial charge in [0, 0.05) is 21.8 Å². The first-order chi connectivity index (χ1) is 17.9. The Morgan fingerprint density at radius 1 is 0.865 bits per heavy atom. The van der Waals surface area contributed by atoms with Crippen molar-refractivity contribution in [1.82, 2.24) is 4.90 Å². The van der Waals surface area contributed by atoms with E-state index in [1.54, 1.807) is 18.2 Å². The summed E-state index contributed by atoms with van der Waals surface area (Å²) in [6, 6.07) is 15.9. The van der Waals surface area contributed by atoms with Crippen LogP contribution in [0.1, 0.15) is 27.5 Å². The lowest BCUT2D eigenvalue weighted by atomic mass is 9.83. The van der Waals surface area contributed by atoms with Crippen LogP contribution >= 0.6 is 23.2 Å². The normalized spacial score (nSPS) is 24.8. The summed E-state index contributed by atoms with van der Waals surface area (Å²) in [5.41, 5.74) is 2.52. The van der Waals surface area contributed by atoms with Gasteiger partial charge in [-0.2, -0.15) is 0 Å². The van der Waals surface area contributed by atoms with Gasteiger partial charge < -0.3 is 14.4 Å². The maximum absolute atomic E-state index is 14.1. The van der Waals surface area contributed by atoms with Crippen molar-refractivity contribution >= 4 is 52.6 Å². The standard InChI is InChI=1S/C28H18Cl2N2O5/c29-16-10-17(30)12-18(11-16)32-27(34)22-23(28(32)35)25(26(33)15-5-6-20-21(9-15)37-13-36-20)31-8-7-14-3-1-2-4-19(14)24(22)31/h1-12,22-25H,13H2/t22-,23-,24+,25+/m0/s1. The quantitative estimate of drug-likeness (QED) is 0.344. The van der Waals surface area contributed by atoms with Crippen LogP contribution in [0.2, 0.25) is 10.0 Å². The average Bonchev–Trinajstić information content (AvgIpc) is 3.55. The molecule has 4 atom stereocenters. The molecular formula is C28H18Cl2N2O5. The molecule has 0 spiro atoms. The first kappa shape index (κ1) is 22.4. The number of hydrogen-bond donors (Lipinski definition) is 0. The molecule has 4 aliphatic rings. The highest BCUT2D eigenvalue weighted by atomic mass is 35.5. The monoisotopic (exact) mass is 532 g/mol. The number of carbonyl (C=O) groups excluding carboxylic acids is 3. The smallest absolute Gasteiger partial charge is 0.240 e. The van der Waals surface area contributed by atoms with Gasteiger partial charge in [0.2, 0.25) is 18.6 Å². The third-order valence-electron chi connectivity index (χ3n) is 7.49. The molecule has 4 heterocycles. The summed E-state index contributed by atoms with van der Waals surface area (Å²) in [7, 11) is 0. The average molecular weight is 533 g/mol. The van der Waals surface area contributed by atoms with Crippen molar-refractivity contribution < 1.29 is 23.9 Å². The van der Waals surface area contributed by atoms with Crippen LogP contribution in [0, 0.1) is 11.8 Å². The summed E-state index contributed by atoms with van der Waals surface area (Å²) in [6.45, 7) is 0.0823. The number of carbonyl (C=O) groups is 3. The Morgan fingerprint density at radius 2 is 1.59 bits per heavy atom. The van der Waals surface area contributed by atoms with Gasteiger partial charge in [-0.3, -0.25) is 14.4 Å². The molecule has 2 fully saturated rings. The van der Waals surface area contributed by atoms with E-state index in [2.05, 4.69) is 0 Å². The topological polar surface area (TPSA) is 76.1 Å². The SMILES string of the molecule is O=C(c1ccc2c(c1)OCO2)[C@H]1[C@H]2C(=O)N(c3cc(Cl)cc(Cl)c3)C(=O)[C@@H]2[C@H]2c3ccccc3C=CN21. The molecule has 7 rings (SSSR count). The number of ether oxygens (including phenoxy) is 2. The lowest BCUT2D eigenvalue weighted by Crippen LogP contribution is -2.44. The Bertz CT molecular complexity index is 1530. The summed E-state index contributed by atoms with van der Waals surface area (Å²) < 4.78 is 10.9. The molecule has 0 bridgehead atoms. The number of hydrogen-bond acceptors (Lipinski definition) is 6. The Kier molecular flexibility index (Phi) is 4.90. The fourth-order valence-corrected chi connectivity index (χ4v) is 6.52. The second kappa shape index (κ2) is 8.10. The number of anilines is 1. The van der Waals surface area contributed by atoms with E-state index in [0.717, 1.165) is 16.0 Å². The summed E-state index contributed by atoms with van der Waals surface area (Å²) in [6.07, 6.45) is 3.73. The molecule has 0 saturated carbocycles. The minimum absolute atomic E-state index is 0.0823. The first-order valence-corrected chi connectivity index (χ1v) is 12.5. The van der Waals surface area contributed by atoms with Crippen LogP contribution in [-0.2, 0) is 9.59 Å². The number of Topliss-reactive ketones (excluding diaryl/α,β-unsaturated/α-hetero) is 1. The van der Waals surface area contributed by atoms with E-state index in [4.69, 9.17) is 32.7 Å². The number of rotatable bonds is 3. The number of ketones is 1. The molecule has 2 saturated heterocycles. The summed E-state index contributed by atoms with van der Waals surface area (Å²) in [4.78, 5) is 45.0. The Balaban J connectivity index is 1.37. The van der Waals surface area contributed by atoms with Crippen molar-refractivity contribution in [3.8, 4) is 11.5 Å². The lowest BCUT2D eigenvalue weighted by molar-refractivity contribution is -0.123. The Hall–Kier alpha value is -3.81. The maximum atomic E-state index is 14.1. The van der Waals surface area contributed by atoms with Crippen molar-refractivity contribution in [2.45, 2.75) is 12.1 Å². The zero-order chi connectivity index (χ0) is 25.4. The predicted molar refractivity (Wildman–Crippen MR) is 137 cm³/mol. The van der Waals surface area contributed by atoms with E-state index in [1.807, 2.05) is 41.4 Å². The molecule has 4 aliphatic heterocycles. The zero-order valence-corrected chi connectivity index (χ0v) is 20.6. The minimum atomic E-state index is -0.899. The van der Waals surface area contributed by atoms with Gasteiger partial charge in [0.1, 0.15) is 6.04 Å². The van der Waals surface area contributed by atoms with Crippen LogP contribution in [0.25, 0.3) is 6.08 Å². The lowest BCUT2D eigenvalue weighted by Gasteiger charge is -2.35. The van der Waals surface area contributed by atoms with Crippen LogP contribution in [0.5, 0.6) is 11.5 Å². The van der Waals surface area contributed by atoms with E-state index in [9.17, 15) is 14.4 Å². The third kappa shape index (κ3) is 3.24. The Morgan fingerprint density at radius 3 is 2.41 bits per heavy atom. The second-order valence-corrected chi connectivity index (χ2v) is 10.3. The molecule has 0 aromatic heterocycles. The molecule has 2 amide bonds. The van der Waals surface area contributed by atoms with E-state index < -0.39 is 29.8 Å². The van der Waals surface area contributed by atoms with E-state index >= 15 is 0 Å². The Labute approximate surface area is 221 Å². The van der Waals surface area contributed by atoms with Crippen molar-refractivity contribution in [2.24, 2.45) is 11.8 Å². The van der Waals surface area contributed by atoms with Gasteiger partial charge >= 0.3 is 0 Å². The zero-order valence-electron chi connectivity index (χ0n) is 19.1. The number of nitrogens with zero attached hydrogens (tertiary/aromatic N) is 2. The second-order valence-electron chi connectivity index (χ2n) is 9.40. The number of benzene rings is 3. The van der Waals surface area contributed by atoms with Crippen LogP contribution < -0.4 is 14.4 Å². The van der Waals surface area contributed by atoms with Gasteiger partial charge in [0.25, 0.3) is 0 Å². The predicted octanol–water partition coefficient (Wildman–Crippen LogP) is 5.12. The van der Waals surface area contributed by atoms with Crippen LogP contribution in [0.3, 0.4) is 0 Å². The number of amides is 2. The summed E-state index contributed by atoms with van der Waals surface area (Å²) in [5.74, 6) is -1.74. The molecule has 3 aromatic carbocycles. The van der Waals surface area contributed by atoms with Gasteiger partial charge in [0.15, 0.2) is 17.3 Å². The largest absolute Gasteiger partial charge is 0.454 e. The highest BCUT2D eigenvalue weighted by Gasteiger charge is 2.64. The summed E-state index contributed by atoms with van der Waals surface area (Å²) in [5, 5.41) is 0.612. The van der Waals surface area contributed by atoms with E-state index in [0.29, 0.717) is 32.8 Å². The highest BCUT2D eigenvalue weighted by Crippen LogP contribution is 2.54. The number of fused-ring (bicyclic) bond motifs is 6. The molecule has 3 aromatic rings. The minimum Gasteiger partial charge on any atom is -0.454 e. The van der Waals surface area contributed by atoms with Crippen LogP contribution in [0.4, 0.5) is 5.69 Å². The first-order valence-electron chi connectivity index (χ1n) is 11.7. The molecule has 0 N–H and O–H groups in total. The van der Waals surface area contributed by atoms with Crippen LogP contribution in [0.15, 0.2) is 66.9 Å². The van der Waals surface area contributed by atoms with Gasteiger partial charge in [0.05, 0.1) is 23.6 Å². The third-order valence-corrected chi connectivity index (χ3v) is 7.93. The van der Waals surface area contributed by atoms with Gasteiger partial charge in [-0.25, -0.2) is 4.90 Å². The molecule has 9 heteroatoms. The van der Waals surface area contributed by atoms with Crippen molar-refractivity contribution in [1.29, 1.82) is 0 Å². The van der Waals surface area contributed by atoms with E-state index in [1.165, 1.54) is 18.2 Å². The maximum Gasteiger partial charge on any atom is 0.240 e. The summed E-state index contributed by atoms with van der Waals surface area (Å²) >= 11 is 12.4. The molecule has 37 heavy (non-hydrogen) atoms. The molecule has 0 radical (unpaired) electrons. The molecule has 184 valence electrons. The number of imide groups is 1. The van der Waals surface area contributed by atoms with Gasteiger partial charge in [-0.05, 0) is 53.6 Å². The molecule has 0 aliphatic carbocycles. The fourth-order valence-electron chi connectivity index (χ4n) is 6.00. The highest BCUT2D eigenvalue weighted by molar-refractivity contribution is 6.36. The number of halogens is 2. The molecule has 7 nitrogen and oxygen atoms in total. The molecular weight excluding hydrogens is 515 g/mol. The van der Waals surface area contributed by atoms with Gasteiger partial charge in [-0.1, -0.05) is 47.5 Å². The fraction of sp³-hybridized carbons (Fsp3) is 0.179. The van der Waals surface area contributed by atoms with Crippen molar-refractivity contribution in [2.75, 3.05) is 11.7 Å².